The van der Waals surface area contributed by atoms with Crippen LogP contribution in [0.3, 0.4) is 0 Å². The van der Waals surface area contributed by atoms with Crippen LogP contribution >= 0.6 is 11.6 Å². The van der Waals surface area contributed by atoms with E-state index < -0.39 is 10.0 Å². The first kappa shape index (κ1) is 18.9. The third-order valence-corrected chi connectivity index (χ3v) is 6.88. The molecule has 0 bridgehead atoms. The summed E-state index contributed by atoms with van der Waals surface area (Å²) >= 11 is 6.06. The molecule has 0 aliphatic carbocycles. The minimum atomic E-state index is -3.70. The van der Waals surface area contributed by atoms with Crippen molar-refractivity contribution in [3.8, 4) is 0 Å². The van der Waals surface area contributed by atoms with Crippen molar-refractivity contribution >= 4 is 27.5 Å². The fourth-order valence-corrected chi connectivity index (χ4v) is 5.11. The maximum atomic E-state index is 12.9. The van der Waals surface area contributed by atoms with Crippen LogP contribution < -0.4 is 5.32 Å². The Labute approximate surface area is 159 Å². The van der Waals surface area contributed by atoms with Crippen molar-refractivity contribution < 1.29 is 13.2 Å². The Kier molecular flexibility index (Phi) is 5.96. The van der Waals surface area contributed by atoms with Gasteiger partial charge < -0.3 is 5.32 Å². The van der Waals surface area contributed by atoms with Gasteiger partial charge in [0.1, 0.15) is 4.90 Å². The van der Waals surface area contributed by atoms with Gasteiger partial charge >= 0.3 is 0 Å². The molecule has 1 unspecified atom stereocenters. The number of piperidine rings is 1. The highest BCUT2D eigenvalue weighted by molar-refractivity contribution is 7.89. The maximum absolute atomic E-state index is 12.9. The number of rotatable bonds is 5. The minimum absolute atomic E-state index is 0.0898. The molecular weight excluding hydrogens is 372 g/mol. The van der Waals surface area contributed by atoms with Crippen LogP contribution in [0.5, 0.6) is 0 Å². The number of sulfonamides is 1. The summed E-state index contributed by atoms with van der Waals surface area (Å²) in [6.07, 6.45) is 1.32. The smallest absolute Gasteiger partial charge is 0.244 e. The van der Waals surface area contributed by atoms with Crippen LogP contribution in [0.15, 0.2) is 59.5 Å². The third-order valence-electron chi connectivity index (χ3n) is 4.52. The van der Waals surface area contributed by atoms with Crippen LogP contribution in [-0.2, 0) is 21.4 Å². The number of carbonyl (C=O) groups is 1. The SMILES string of the molecule is O=C(NCc1ccccc1)C1CCCN(S(=O)(=O)c2ccccc2Cl)C1. The fraction of sp³-hybridized carbons (Fsp3) is 0.316. The van der Waals surface area contributed by atoms with Crippen LogP contribution in [0.25, 0.3) is 0 Å². The lowest BCUT2D eigenvalue weighted by Crippen LogP contribution is -2.45. The van der Waals surface area contributed by atoms with Gasteiger partial charge in [-0.15, -0.1) is 0 Å². The molecule has 7 heteroatoms. The van der Waals surface area contributed by atoms with Crippen molar-refractivity contribution in [1.82, 2.24) is 9.62 Å². The lowest BCUT2D eigenvalue weighted by atomic mass is 9.99. The first-order valence-electron chi connectivity index (χ1n) is 8.55. The fourth-order valence-electron chi connectivity index (χ4n) is 3.10. The molecule has 3 rings (SSSR count). The third kappa shape index (κ3) is 4.26. The van der Waals surface area contributed by atoms with Crippen molar-refractivity contribution in [2.45, 2.75) is 24.3 Å². The van der Waals surface area contributed by atoms with Crippen molar-refractivity contribution in [2.75, 3.05) is 13.1 Å². The zero-order valence-corrected chi connectivity index (χ0v) is 15.8. The largest absolute Gasteiger partial charge is 0.352 e. The number of benzene rings is 2. The maximum Gasteiger partial charge on any atom is 0.244 e. The Hall–Kier alpha value is -1.89. The summed E-state index contributed by atoms with van der Waals surface area (Å²) in [5.41, 5.74) is 1.01. The molecule has 0 saturated carbocycles. The Bertz CT molecular complexity index is 871. The second-order valence-corrected chi connectivity index (χ2v) is 8.65. The summed E-state index contributed by atoms with van der Waals surface area (Å²) in [7, 11) is -3.70. The van der Waals surface area contributed by atoms with Gasteiger partial charge in [0.05, 0.1) is 10.9 Å². The number of halogens is 1. The van der Waals surface area contributed by atoms with E-state index in [2.05, 4.69) is 5.32 Å². The van der Waals surface area contributed by atoms with E-state index in [1.54, 1.807) is 18.2 Å². The zero-order valence-electron chi connectivity index (χ0n) is 14.3. The number of amides is 1. The number of nitrogens with zero attached hydrogens (tertiary/aromatic N) is 1. The molecule has 26 heavy (non-hydrogen) atoms. The van der Waals surface area contributed by atoms with Crippen LogP contribution in [0.2, 0.25) is 5.02 Å². The second kappa shape index (κ2) is 8.20. The van der Waals surface area contributed by atoms with E-state index in [1.165, 1.54) is 10.4 Å². The quantitative estimate of drug-likeness (QED) is 0.850. The van der Waals surface area contributed by atoms with E-state index in [0.29, 0.717) is 25.9 Å². The van der Waals surface area contributed by atoms with E-state index in [-0.39, 0.29) is 28.3 Å². The van der Waals surface area contributed by atoms with E-state index in [1.807, 2.05) is 30.3 Å². The van der Waals surface area contributed by atoms with Gasteiger partial charge in [0, 0.05) is 19.6 Å². The molecule has 1 saturated heterocycles. The minimum Gasteiger partial charge on any atom is -0.352 e. The second-order valence-electron chi connectivity index (χ2n) is 6.34. The first-order valence-corrected chi connectivity index (χ1v) is 10.4. The monoisotopic (exact) mass is 392 g/mol. The van der Waals surface area contributed by atoms with Crippen LogP contribution in [0, 0.1) is 5.92 Å². The average molecular weight is 393 g/mol. The van der Waals surface area contributed by atoms with E-state index in [9.17, 15) is 13.2 Å². The molecule has 0 spiro atoms. The summed E-state index contributed by atoms with van der Waals surface area (Å²) in [5, 5.41) is 3.10. The summed E-state index contributed by atoms with van der Waals surface area (Å²) < 4.78 is 27.1. The van der Waals surface area contributed by atoms with Crippen molar-refractivity contribution in [2.24, 2.45) is 5.92 Å². The number of nitrogens with one attached hydrogen (secondary N) is 1. The van der Waals surface area contributed by atoms with Crippen molar-refractivity contribution in [3.63, 3.8) is 0 Å². The van der Waals surface area contributed by atoms with E-state index in [4.69, 9.17) is 11.6 Å². The molecule has 1 aliphatic heterocycles. The summed E-state index contributed by atoms with van der Waals surface area (Å²) in [5.74, 6) is -0.474. The topological polar surface area (TPSA) is 66.5 Å². The standard InChI is InChI=1S/C19H21ClN2O3S/c20-17-10-4-5-11-18(17)26(24,25)22-12-6-9-16(14-22)19(23)21-13-15-7-2-1-3-8-15/h1-5,7-8,10-11,16H,6,9,12-14H2,(H,21,23). The van der Waals surface area contributed by atoms with E-state index in [0.717, 1.165) is 5.56 Å². The Morgan fingerprint density at radius 2 is 1.81 bits per heavy atom. The molecule has 1 aliphatic rings. The Morgan fingerprint density at radius 1 is 1.12 bits per heavy atom. The predicted molar refractivity (Wildman–Crippen MR) is 101 cm³/mol. The molecule has 0 radical (unpaired) electrons. The molecule has 0 aromatic heterocycles. The van der Waals surface area contributed by atoms with Gasteiger partial charge in [-0.3, -0.25) is 4.79 Å². The molecule has 1 fully saturated rings. The van der Waals surface area contributed by atoms with Crippen LogP contribution in [0.4, 0.5) is 0 Å². The average Bonchev–Trinajstić information content (AvgIpc) is 2.67. The molecule has 5 nitrogen and oxygen atoms in total. The Balaban J connectivity index is 1.67. The van der Waals surface area contributed by atoms with Crippen molar-refractivity contribution in [3.05, 3.63) is 65.2 Å². The predicted octanol–water partition coefficient (Wildman–Crippen LogP) is 3.06. The Morgan fingerprint density at radius 3 is 2.54 bits per heavy atom. The van der Waals surface area contributed by atoms with Gasteiger partial charge in [-0.05, 0) is 30.5 Å². The van der Waals surface area contributed by atoms with Gasteiger partial charge in [-0.25, -0.2) is 8.42 Å². The first-order chi connectivity index (χ1) is 12.5. The van der Waals surface area contributed by atoms with Gasteiger partial charge in [0.25, 0.3) is 0 Å². The number of hydrogen-bond donors (Lipinski definition) is 1. The highest BCUT2D eigenvalue weighted by Crippen LogP contribution is 2.28. The van der Waals surface area contributed by atoms with Crippen LogP contribution in [-0.4, -0.2) is 31.7 Å². The molecule has 1 atom stereocenters. The molecule has 1 heterocycles. The van der Waals surface area contributed by atoms with Gasteiger partial charge in [0.15, 0.2) is 0 Å². The lowest BCUT2D eigenvalue weighted by molar-refractivity contribution is -0.126. The highest BCUT2D eigenvalue weighted by Gasteiger charge is 2.34. The molecule has 2 aromatic carbocycles. The normalized spacial score (nSPS) is 18.4. The highest BCUT2D eigenvalue weighted by atomic mass is 35.5. The van der Waals surface area contributed by atoms with Crippen molar-refractivity contribution in [1.29, 1.82) is 0 Å². The molecule has 1 N–H and O–H groups in total. The van der Waals surface area contributed by atoms with Crippen LogP contribution in [0.1, 0.15) is 18.4 Å². The van der Waals surface area contributed by atoms with Gasteiger partial charge in [0.2, 0.25) is 15.9 Å². The molecule has 2 aromatic rings. The van der Waals surface area contributed by atoms with E-state index >= 15 is 0 Å². The summed E-state index contributed by atoms with van der Waals surface area (Å²) in [6, 6.07) is 16.0. The molecular formula is C19H21ClN2O3S. The molecule has 138 valence electrons. The zero-order chi connectivity index (χ0) is 18.6. The summed E-state index contributed by atoms with van der Waals surface area (Å²) in [6.45, 7) is 1.01. The molecule has 1 amide bonds. The number of hydrogen-bond acceptors (Lipinski definition) is 3. The van der Waals surface area contributed by atoms with Gasteiger partial charge in [-0.1, -0.05) is 54.1 Å². The number of carbonyl (C=O) groups excluding carboxylic acids is 1. The van der Waals surface area contributed by atoms with Gasteiger partial charge in [-0.2, -0.15) is 4.31 Å². The summed E-state index contributed by atoms with van der Waals surface area (Å²) in [4.78, 5) is 12.6. The lowest BCUT2D eigenvalue weighted by Gasteiger charge is -2.31.